The molecule has 1 aromatic heterocycles. The number of carbonyl (C=O) groups is 1. The maximum atomic E-state index is 11.8. The number of carbonyl (C=O) groups excluding carboxylic acids is 1. The third kappa shape index (κ3) is 4.55. The van der Waals surface area contributed by atoms with E-state index in [0.29, 0.717) is 24.8 Å². The molecule has 5 nitrogen and oxygen atoms in total. The molecule has 0 fully saturated rings. The van der Waals surface area contributed by atoms with Crippen molar-refractivity contribution in [1.29, 1.82) is 0 Å². The lowest BCUT2D eigenvalue weighted by Gasteiger charge is -2.09. The maximum Gasteiger partial charge on any atom is 0.271 e. The molecule has 1 amide bonds. The first kappa shape index (κ1) is 15.9. The van der Waals surface area contributed by atoms with Crippen molar-refractivity contribution in [1.82, 2.24) is 15.3 Å². The summed E-state index contributed by atoms with van der Waals surface area (Å²) in [5, 5.41) is 2.75. The molecule has 5 heteroatoms. The molecule has 2 rings (SSSR count). The van der Waals surface area contributed by atoms with Crippen LogP contribution >= 0.6 is 0 Å². The standard InChI is InChI=1S/C17H21N3O2/c1-12(2)14-4-6-15(7-5-14)22-9-8-18-17(21)16-11-19-13(3)10-20-16/h4-7,10-12H,8-9H2,1-3H3,(H,18,21). The van der Waals surface area contributed by atoms with Gasteiger partial charge in [-0.25, -0.2) is 4.98 Å². The molecule has 1 N–H and O–H groups in total. The van der Waals surface area contributed by atoms with E-state index in [1.807, 2.05) is 19.1 Å². The summed E-state index contributed by atoms with van der Waals surface area (Å²) < 4.78 is 5.60. The molecule has 22 heavy (non-hydrogen) atoms. The lowest BCUT2D eigenvalue weighted by Crippen LogP contribution is -2.28. The molecule has 0 radical (unpaired) electrons. The summed E-state index contributed by atoms with van der Waals surface area (Å²) >= 11 is 0. The zero-order valence-corrected chi connectivity index (χ0v) is 13.2. The van der Waals surface area contributed by atoms with E-state index in [2.05, 4.69) is 41.3 Å². The lowest BCUT2D eigenvalue weighted by molar-refractivity contribution is 0.0941. The van der Waals surface area contributed by atoms with Gasteiger partial charge in [-0.2, -0.15) is 0 Å². The second kappa shape index (κ2) is 7.54. The molecule has 0 unspecified atom stereocenters. The highest BCUT2D eigenvalue weighted by Crippen LogP contribution is 2.18. The Kier molecular flexibility index (Phi) is 5.47. The average molecular weight is 299 g/mol. The highest BCUT2D eigenvalue weighted by Gasteiger charge is 2.06. The summed E-state index contributed by atoms with van der Waals surface area (Å²) in [4.78, 5) is 19.9. The van der Waals surface area contributed by atoms with Crippen molar-refractivity contribution in [2.75, 3.05) is 13.2 Å². The van der Waals surface area contributed by atoms with Crippen LogP contribution in [-0.2, 0) is 0 Å². The zero-order chi connectivity index (χ0) is 15.9. The Morgan fingerprint density at radius 2 is 1.91 bits per heavy atom. The largest absolute Gasteiger partial charge is 0.492 e. The average Bonchev–Trinajstić information content (AvgIpc) is 2.52. The van der Waals surface area contributed by atoms with Crippen LogP contribution in [0.5, 0.6) is 5.75 Å². The van der Waals surface area contributed by atoms with Crippen LogP contribution in [0.1, 0.15) is 41.5 Å². The first-order chi connectivity index (χ1) is 10.6. The van der Waals surface area contributed by atoms with Gasteiger partial charge in [-0.1, -0.05) is 26.0 Å². The molecule has 0 aliphatic carbocycles. The van der Waals surface area contributed by atoms with Gasteiger partial charge in [0.25, 0.3) is 5.91 Å². The Bertz CT molecular complexity index is 607. The molecule has 0 atom stereocenters. The summed E-state index contributed by atoms with van der Waals surface area (Å²) in [6, 6.07) is 8.01. The van der Waals surface area contributed by atoms with Gasteiger partial charge in [0, 0.05) is 6.20 Å². The van der Waals surface area contributed by atoms with E-state index < -0.39 is 0 Å². The SMILES string of the molecule is Cc1cnc(C(=O)NCCOc2ccc(C(C)C)cc2)cn1. The van der Waals surface area contributed by atoms with Crippen LogP contribution < -0.4 is 10.1 Å². The zero-order valence-electron chi connectivity index (χ0n) is 13.2. The van der Waals surface area contributed by atoms with Crippen LogP contribution in [0, 0.1) is 6.92 Å². The highest BCUT2D eigenvalue weighted by atomic mass is 16.5. The number of benzene rings is 1. The topological polar surface area (TPSA) is 64.1 Å². The second-order valence-corrected chi connectivity index (χ2v) is 5.37. The Morgan fingerprint density at radius 1 is 1.18 bits per heavy atom. The van der Waals surface area contributed by atoms with Gasteiger partial charge in [-0.15, -0.1) is 0 Å². The van der Waals surface area contributed by atoms with Gasteiger partial charge in [-0.3, -0.25) is 9.78 Å². The summed E-state index contributed by atoms with van der Waals surface area (Å²) in [6.45, 7) is 6.96. The normalized spacial score (nSPS) is 10.5. The van der Waals surface area contributed by atoms with E-state index in [9.17, 15) is 4.79 Å². The number of amides is 1. The van der Waals surface area contributed by atoms with Crippen molar-refractivity contribution in [3.05, 3.63) is 53.6 Å². The maximum absolute atomic E-state index is 11.8. The quantitative estimate of drug-likeness (QED) is 0.833. The molecule has 0 saturated carbocycles. The van der Waals surface area contributed by atoms with Gasteiger partial charge in [0.1, 0.15) is 18.1 Å². The van der Waals surface area contributed by atoms with Gasteiger partial charge < -0.3 is 10.1 Å². The van der Waals surface area contributed by atoms with Gasteiger partial charge in [0.2, 0.25) is 0 Å². The first-order valence-corrected chi connectivity index (χ1v) is 7.36. The Morgan fingerprint density at radius 3 is 2.50 bits per heavy atom. The van der Waals surface area contributed by atoms with E-state index in [4.69, 9.17) is 4.74 Å². The second-order valence-electron chi connectivity index (χ2n) is 5.37. The van der Waals surface area contributed by atoms with Crippen LogP contribution in [0.4, 0.5) is 0 Å². The summed E-state index contributed by atoms with van der Waals surface area (Å²) in [6.07, 6.45) is 3.04. The number of rotatable bonds is 6. The Balaban J connectivity index is 1.74. The minimum absolute atomic E-state index is 0.244. The van der Waals surface area contributed by atoms with Crippen LogP contribution in [0.3, 0.4) is 0 Å². The Hall–Kier alpha value is -2.43. The van der Waals surface area contributed by atoms with E-state index in [1.54, 1.807) is 6.20 Å². The number of aromatic nitrogens is 2. The van der Waals surface area contributed by atoms with E-state index in [1.165, 1.54) is 11.8 Å². The van der Waals surface area contributed by atoms with Crippen LogP contribution in [0.15, 0.2) is 36.7 Å². The molecule has 0 aliphatic heterocycles. The van der Waals surface area contributed by atoms with Crippen molar-refractivity contribution in [3.63, 3.8) is 0 Å². The van der Waals surface area contributed by atoms with Crippen LogP contribution in [0.2, 0.25) is 0 Å². The number of hydrogen-bond donors (Lipinski definition) is 1. The lowest BCUT2D eigenvalue weighted by atomic mass is 10.0. The monoisotopic (exact) mass is 299 g/mol. The molecule has 1 heterocycles. The summed E-state index contributed by atoms with van der Waals surface area (Å²) in [5.74, 6) is 1.06. The first-order valence-electron chi connectivity index (χ1n) is 7.36. The number of nitrogens with one attached hydrogen (secondary N) is 1. The Labute approximate surface area is 130 Å². The van der Waals surface area contributed by atoms with Crippen molar-refractivity contribution in [2.45, 2.75) is 26.7 Å². The van der Waals surface area contributed by atoms with E-state index >= 15 is 0 Å². The molecular weight excluding hydrogens is 278 g/mol. The molecule has 0 bridgehead atoms. The number of nitrogens with zero attached hydrogens (tertiary/aromatic N) is 2. The van der Waals surface area contributed by atoms with Gasteiger partial charge in [-0.05, 0) is 30.5 Å². The van der Waals surface area contributed by atoms with Crippen molar-refractivity contribution >= 4 is 5.91 Å². The van der Waals surface area contributed by atoms with Crippen molar-refractivity contribution in [3.8, 4) is 5.75 Å². The minimum atomic E-state index is -0.244. The fourth-order valence-electron chi connectivity index (χ4n) is 1.88. The predicted molar refractivity (Wildman–Crippen MR) is 85.1 cm³/mol. The third-order valence-electron chi connectivity index (χ3n) is 3.22. The van der Waals surface area contributed by atoms with Crippen LogP contribution in [0.25, 0.3) is 0 Å². The van der Waals surface area contributed by atoms with Crippen molar-refractivity contribution in [2.24, 2.45) is 0 Å². The number of aryl methyl sites for hydroxylation is 1. The number of ether oxygens (including phenoxy) is 1. The summed E-state index contributed by atoms with van der Waals surface area (Å²) in [5.41, 5.74) is 2.37. The smallest absolute Gasteiger partial charge is 0.271 e. The van der Waals surface area contributed by atoms with Gasteiger partial charge in [0.15, 0.2) is 0 Å². The molecule has 0 spiro atoms. The van der Waals surface area contributed by atoms with Gasteiger partial charge >= 0.3 is 0 Å². The molecular formula is C17H21N3O2. The fraction of sp³-hybridized carbons (Fsp3) is 0.353. The molecule has 116 valence electrons. The third-order valence-corrected chi connectivity index (χ3v) is 3.22. The molecule has 0 aliphatic rings. The molecule has 2 aromatic rings. The predicted octanol–water partition coefficient (Wildman–Crippen LogP) is 2.72. The van der Waals surface area contributed by atoms with Gasteiger partial charge in [0.05, 0.1) is 18.4 Å². The number of hydrogen-bond acceptors (Lipinski definition) is 4. The van der Waals surface area contributed by atoms with Crippen molar-refractivity contribution < 1.29 is 9.53 Å². The minimum Gasteiger partial charge on any atom is -0.492 e. The highest BCUT2D eigenvalue weighted by molar-refractivity contribution is 5.91. The molecule has 1 aromatic carbocycles. The van der Waals surface area contributed by atoms with Crippen LogP contribution in [-0.4, -0.2) is 29.0 Å². The van der Waals surface area contributed by atoms with E-state index in [-0.39, 0.29) is 5.91 Å². The fourth-order valence-corrected chi connectivity index (χ4v) is 1.88. The summed E-state index contributed by atoms with van der Waals surface area (Å²) in [7, 11) is 0. The molecule has 0 saturated heterocycles. The van der Waals surface area contributed by atoms with E-state index in [0.717, 1.165) is 11.4 Å².